The summed E-state index contributed by atoms with van der Waals surface area (Å²) in [5, 5.41) is 9.38. The molecule has 1 unspecified atom stereocenters. The summed E-state index contributed by atoms with van der Waals surface area (Å²) in [5.41, 5.74) is 3.38. The number of thioether (sulfide) groups is 1. The van der Waals surface area contributed by atoms with Crippen LogP contribution in [-0.4, -0.2) is 45.8 Å². The third-order valence-electron chi connectivity index (χ3n) is 6.44. The van der Waals surface area contributed by atoms with E-state index >= 15 is 0 Å². The van der Waals surface area contributed by atoms with E-state index in [1.807, 2.05) is 60.7 Å². The van der Waals surface area contributed by atoms with Crippen LogP contribution < -0.4 is 10.5 Å². The number of thiophene rings is 1. The molecule has 0 saturated carbocycles. The van der Waals surface area contributed by atoms with Crippen molar-refractivity contribution in [1.82, 2.24) is 4.90 Å². The minimum absolute atomic E-state index is 0.278. The number of aliphatic carboxylic acids is 1. The average molecular weight is 565 g/mol. The van der Waals surface area contributed by atoms with Crippen molar-refractivity contribution in [3.8, 4) is 21.6 Å². The van der Waals surface area contributed by atoms with Crippen LogP contribution in [-0.2, 0) is 9.59 Å². The maximum Gasteiger partial charge on any atom is 0.344 e. The Labute approximate surface area is 232 Å². The second-order valence-electron chi connectivity index (χ2n) is 8.70. The maximum absolute atomic E-state index is 12.8. The predicted octanol–water partition coefficient (Wildman–Crippen LogP) is 6.02. The van der Waals surface area contributed by atoms with Crippen LogP contribution in [0, 0.1) is 0 Å². The number of carbonyl (C=O) groups is 2. The molecule has 0 bridgehead atoms. The molecule has 1 amide bonds. The monoisotopic (exact) mass is 564 g/mol. The molecule has 0 aliphatic carbocycles. The minimum Gasteiger partial charge on any atom is -0.480 e. The Hall–Kier alpha value is -3.47. The zero-order valence-corrected chi connectivity index (χ0v) is 23.1. The summed E-state index contributed by atoms with van der Waals surface area (Å²) in [6.07, 6.45) is 0. The molecule has 2 aromatic heterocycles. The lowest BCUT2D eigenvalue weighted by atomic mass is 10.0. The number of fused-ring (bicyclic) bond motifs is 1. The summed E-state index contributed by atoms with van der Waals surface area (Å²) in [4.78, 5) is 41.7. The lowest BCUT2D eigenvalue weighted by molar-refractivity contribution is -0.141. The Kier molecular flexibility index (Phi) is 7.38. The first-order chi connectivity index (χ1) is 18.3. The van der Waals surface area contributed by atoms with Gasteiger partial charge in [-0.25, -0.2) is 4.79 Å². The number of carboxylic acid groups (broad SMARTS) is 1. The number of thiocarbonyl (C=S) groups is 1. The van der Waals surface area contributed by atoms with Gasteiger partial charge in [-0.3, -0.25) is 14.5 Å². The number of carboxylic acids is 1. The Morgan fingerprint density at radius 3 is 2.42 bits per heavy atom. The minimum atomic E-state index is -1.10. The molecule has 10 heteroatoms. The number of nitrogens with zero attached hydrogens (tertiary/aromatic N) is 2. The number of carbonyl (C=O) groups excluding carboxylic acids is 1. The quantitative estimate of drug-likeness (QED) is 0.205. The van der Waals surface area contributed by atoms with Gasteiger partial charge in [-0.05, 0) is 55.3 Å². The second kappa shape index (κ2) is 10.7. The van der Waals surface area contributed by atoms with Crippen LogP contribution in [0.15, 0.2) is 69.9 Å². The average Bonchev–Trinajstić information content (AvgIpc) is 3.50. The van der Waals surface area contributed by atoms with Gasteiger partial charge < -0.3 is 14.4 Å². The van der Waals surface area contributed by atoms with Gasteiger partial charge in [0.1, 0.15) is 21.7 Å². The van der Waals surface area contributed by atoms with E-state index in [0.717, 1.165) is 49.9 Å². The molecule has 1 saturated heterocycles. The van der Waals surface area contributed by atoms with E-state index < -0.39 is 17.8 Å². The van der Waals surface area contributed by atoms with Gasteiger partial charge in [0.15, 0.2) is 0 Å². The summed E-state index contributed by atoms with van der Waals surface area (Å²) in [6, 6.07) is 19.2. The fraction of sp³-hybridized carbons (Fsp3) is 0.214. The molecule has 1 N–H and O–H groups in total. The van der Waals surface area contributed by atoms with E-state index in [9.17, 15) is 14.4 Å². The van der Waals surface area contributed by atoms with Gasteiger partial charge in [0, 0.05) is 40.0 Å². The van der Waals surface area contributed by atoms with Crippen LogP contribution in [0.1, 0.15) is 24.0 Å². The highest BCUT2D eigenvalue weighted by Gasteiger charge is 2.39. The van der Waals surface area contributed by atoms with Crippen molar-refractivity contribution in [2.24, 2.45) is 0 Å². The zero-order valence-electron chi connectivity index (χ0n) is 20.7. The van der Waals surface area contributed by atoms with Gasteiger partial charge in [-0.2, -0.15) is 0 Å². The maximum atomic E-state index is 12.8. The molecule has 0 radical (unpaired) electrons. The molecule has 7 nitrogen and oxygen atoms in total. The highest BCUT2D eigenvalue weighted by Crippen LogP contribution is 2.44. The highest BCUT2D eigenvalue weighted by atomic mass is 32.2. The summed E-state index contributed by atoms with van der Waals surface area (Å²) < 4.78 is 5.97. The van der Waals surface area contributed by atoms with Crippen molar-refractivity contribution < 1.29 is 19.1 Å². The topological polar surface area (TPSA) is 91.1 Å². The predicted molar refractivity (Wildman–Crippen MR) is 157 cm³/mol. The molecule has 2 aromatic carbocycles. The van der Waals surface area contributed by atoms with Crippen molar-refractivity contribution in [2.45, 2.75) is 19.1 Å². The van der Waals surface area contributed by atoms with E-state index in [4.69, 9.17) is 21.7 Å². The summed E-state index contributed by atoms with van der Waals surface area (Å²) in [7, 11) is 0. The van der Waals surface area contributed by atoms with Crippen LogP contribution in [0.4, 0.5) is 5.69 Å². The lowest BCUT2D eigenvalue weighted by Crippen LogP contribution is -2.34. The third kappa shape index (κ3) is 4.99. The molecule has 194 valence electrons. The Balaban J connectivity index is 1.38. The molecule has 1 aliphatic rings. The fourth-order valence-corrected chi connectivity index (χ4v) is 7.08. The first-order valence-electron chi connectivity index (χ1n) is 12.1. The first kappa shape index (κ1) is 26.1. The molecule has 1 aliphatic heterocycles. The summed E-state index contributed by atoms with van der Waals surface area (Å²) in [5.74, 6) is -1.41. The second-order valence-corrected chi connectivity index (χ2v) is 11.6. The van der Waals surface area contributed by atoms with Crippen LogP contribution in [0.5, 0.6) is 0 Å². The Morgan fingerprint density at radius 1 is 1.03 bits per heavy atom. The van der Waals surface area contributed by atoms with E-state index in [1.165, 1.54) is 23.1 Å². The Bertz CT molecular complexity index is 1610. The van der Waals surface area contributed by atoms with Gasteiger partial charge in [0.25, 0.3) is 0 Å². The fourth-order valence-electron chi connectivity index (χ4n) is 4.45. The molecular weight excluding hydrogens is 541 g/mol. The van der Waals surface area contributed by atoms with Gasteiger partial charge in [0.05, 0.1) is 5.56 Å². The Morgan fingerprint density at radius 2 is 1.74 bits per heavy atom. The zero-order chi connectivity index (χ0) is 27.0. The van der Waals surface area contributed by atoms with Gasteiger partial charge in [-0.1, -0.05) is 48.2 Å². The number of anilines is 1. The molecule has 3 heterocycles. The van der Waals surface area contributed by atoms with Gasteiger partial charge in [-0.15, -0.1) is 11.3 Å². The van der Waals surface area contributed by atoms with Crippen molar-refractivity contribution >= 4 is 68.2 Å². The van der Waals surface area contributed by atoms with E-state index in [2.05, 4.69) is 18.7 Å². The molecule has 0 spiro atoms. The summed E-state index contributed by atoms with van der Waals surface area (Å²) in [6.45, 7) is 5.49. The molecular formula is C28H24N2O5S3. The van der Waals surface area contributed by atoms with Crippen LogP contribution >= 0.6 is 35.3 Å². The van der Waals surface area contributed by atoms with E-state index in [1.54, 1.807) is 0 Å². The van der Waals surface area contributed by atoms with Crippen molar-refractivity contribution in [3.63, 3.8) is 0 Å². The van der Waals surface area contributed by atoms with E-state index in [0.29, 0.717) is 11.1 Å². The molecule has 5 rings (SSSR count). The summed E-state index contributed by atoms with van der Waals surface area (Å²) >= 11 is 7.88. The van der Waals surface area contributed by atoms with Crippen LogP contribution in [0.3, 0.4) is 0 Å². The number of benzene rings is 2. The highest BCUT2D eigenvalue weighted by molar-refractivity contribution is 8.24. The lowest BCUT2D eigenvalue weighted by Gasteiger charge is -2.21. The van der Waals surface area contributed by atoms with Crippen molar-refractivity contribution in [3.05, 3.63) is 76.0 Å². The first-order valence-corrected chi connectivity index (χ1v) is 14.2. The molecule has 1 fully saturated rings. The number of hydrogen-bond donors (Lipinski definition) is 1. The molecule has 1 atom stereocenters. The SMILES string of the molecule is CCN(CC)c1ccc2cc(-c3ccc(-c4ccc(C5SC(=S)N(CC(=O)O)C5=O)s4)cc3)c(=O)oc2c1. The number of amides is 1. The third-order valence-corrected chi connectivity index (χ3v) is 9.41. The van der Waals surface area contributed by atoms with E-state index in [-0.39, 0.29) is 15.9 Å². The largest absolute Gasteiger partial charge is 0.480 e. The van der Waals surface area contributed by atoms with Crippen molar-refractivity contribution in [2.75, 3.05) is 24.5 Å². The normalized spacial score (nSPS) is 15.4. The van der Waals surface area contributed by atoms with Crippen LogP contribution in [0.2, 0.25) is 0 Å². The standard InChI is InChI=1S/C28H24N2O5S3/c1-3-29(4-2)19-10-9-18-13-20(27(34)35-21(18)14-19)16-5-7-17(8-6-16)22-11-12-23(37-22)25-26(33)30(15-24(31)32)28(36)38-25/h5-14,25H,3-4,15H2,1-2H3,(H,31,32). The van der Waals surface area contributed by atoms with Crippen molar-refractivity contribution in [1.29, 1.82) is 0 Å². The number of hydrogen-bond acceptors (Lipinski definition) is 8. The molecule has 4 aromatic rings. The van der Waals surface area contributed by atoms with Gasteiger partial charge in [0.2, 0.25) is 5.91 Å². The number of rotatable bonds is 8. The molecule has 38 heavy (non-hydrogen) atoms. The van der Waals surface area contributed by atoms with Gasteiger partial charge >= 0.3 is 11.6 Å². The smallest absolute Gasteiger partial charge is 0.344 e. The van der Waals surface area contributed by atoms with Crippen LogP contribution in [0.25, 0.3) is 32.5 Å².